The zero-order valence-electron chi connectivity index (χ0n) is 8.07. The van der Waals surface area contributed by atoms with Gasteiger partial charge in [-0.05, 0) is 18.1 Å². The van der Waals surface area contributed by atoms with Gasteiger partial charge in [0.2, 0.25) is 0 Å². The summed E-state index contributed by atoms with van der Waals surface area (Å²) in [6, 6.07) is 4.13. The third-order valence-corrected chi connectivity index (χ3v) is 2.94. The summed E-state index contributed by atoms with van der Waals surface area (Å²) in [6.45, 7) is 2.14. The molecule has 2 aromatic rings. The molecule has 0 saturated carbocycles. The van der Waals surface area contributed by atoms with Crippen molar-refractivity contribution >= 4 is 28.2 Å². The molecule has 2 aromatic heterocycles. The van der Waals surface area contributed by atoms with E-state index in [2.05, 4.69) is 45.7 Å². The highest BCUT2D eigenvalue weighted by molar-refractivity contribution is 14.1. The molecule has 0 aliphatic rings. The molecule has 0 amide bonds. The first kappa shape index (κ1) is 9.89. The van der Waals surface area contributed by atoms with Crippen LogP contribution in [0.5, 0.6) is 0 Å². The normalized spacial score (nSPS) is 11.0. The fourth-order valence-corrected chi connectivity index (χ4v) is 1.83. The Morgan fingerprint density at radius 1 is 1.43 bits per heavy atom. The van der Waals surface area contributed by atoms with Crippen molar-refractivity contribution in [3.63, 3.8) is 0 Å². The molecule has 0 aliphatic carbocycles. The first-order chi connectivity index (χ1) is 6.83. The van der Waals surface area contributed by atoms with Crippen LogP contribution in [0, 0.1) is 0 Å². The van der Waals surface area contributed by atoms with Gasteiger partial charge in [0.05, 0.1) is 0 Å². The highest BCUT2D eigenvalue weighted by atomic mass is 127. The molecule has 2 rings (SSSR count). The molecule has 4 heteroatoms. The van der Waals surface area contributed by atoms with Crippen LogP contribution < -0.4 is 0 Å². The molecule has 0 aromatic carbocycles. The Hall–Kier alpha value is -0.650. The van der Waals surface area contributed by atoms with Crippen molar-refractivity contribution in [2.45, 2.75) is 24.2 Å². The Morgan fingerprint density at radius 3 is 3.00 bits per heavy atom. The van der Waals surface area contributed by atoms with Crippen LogP contribution in [0.2, 0.25) is 0 Å². The second kappa shape index (κ2) is 4.25. The predicted octanol–water partition coefficient (Wildman–Crippen LogP) is 2.62. The fraction of sp³-hybridized carbons (Fsp3) is 0.400. The third kappa shape index (κ3) is 1.89. The molecule has 0 N–H and O–H groups in total. The van der Waals surface area contributed by atoms with Crippen molar-refractivity contribution < 1.29 is 0 Å². The molecule has 0 fully saturated rings. The maximum Gasteiger partial charge on any atom is 0.155 e. The number of halogens is 1. The number of rotatable bonds is 3. The monoisotopic (exact) mass is 301 g/mol. The van der Waals surface area contributed by atoms with Crippen molar-refractivity contribution in [1.82, 2.24) is 14.6 Å². The Bertz CT molecular complexity index is 436. The summed E-state index contributed by atoms with van der Waals surface area (Å²) in [4.78, 5) is 4.43. The second-order valence-electron chi connectivity index (χ2n) is 3.25. The predicted molar refractivity (Wildman–Crippen MR) is 64.7 cm³/mol. The lowest BCUT2D eigenvalue weighted by atomic mass is 10.3. The summed E-state index contributed by atoms with van der Waals surface area (Å²) in [5.41, 5.74) is 2.23. The van der Waals surface area contributed by atoms with Gasteiger partial charge in [0.15, 0.2) is 11.5 Å². The molecule has 14 heavy (non-hydrogen) atoms. The number of pyridine rings is 1. The van der Waals surface area contributed by atoms with E-state index in [0.717, 1.165) is 28.7 Å². The summed E-state index contributed by atoms with van der Waals surface area (Å²) in [5.74, 6) is 0.943. The largest absolute Gasteiger partial charge is 0.221 e. The van der Waals surface area contributed by atoms with Crippen LogP contribution in [0.25, 0.3) is 5.65 Å². The molecule has 0 unspecified atom stereocenters. The van der Waals surface area contributed by atoms with Gasteiger partial charge >= 0.3 is 0 Å². The van der Waals surface area contributed by atoms with Crippen LogP contribution in [-0.2, 0) is 10.8 Å². The third-order valence-electron chi connectivity index (χ3n) is 2.06. The van der Waals surface area contributed by atoms with Gasteiger partial charge in [-0.15, -0.1) is 0 Å². The Morgan fingerprint density at radius 2 is 2.29 bits per heavy atom. The van der Waals surface area contributed by atoms with Crippen LogP contribution in [-0.4, -0.2) is 14.6 Å². The lowest BCUT2D eigenvalue weighted by Crippen LogP contribution is -1.90. The van der Waals surface area contributed by atoms with Crippen molar-refractivity contribution in [2.24, 2.45) is 0 Å². The molecule has 0 bridgehead atoms. The summed E-state index contributed by atoms with van der Waals surface area (Å²) < 4.78 is 2.88. The number of hydrogen-bond donors (Lipinski definition) is 0. The van der Waals surface area contributed by atoms with Crippen molar-refractivity contribution in [1.29, 1.82) is 0 Å². The van der Waals surface area contributed by atoms with Gasteiger partial charge in [0, 0.05) is 17.0 Å². The molecular formula is C10H12IN3. The number of alkyl halides is 1. The van der Waals surface area contributed by atoms with Gasteiger partial charge in [0.1, 0.15) is 0 Å². The minimum Gasteiger partial charge on any atom is -0.221 e. The van der Waals surface area contributed by atoms with Gasteiger partial charge < -0.3 is 0 Å². The van der Waals surface area contributed by atoms with Gasteiger partial charge in [-0.3, -0.25) is 0 Å². The van der Waals surface area contributed by atoms with E-state index in [4.69, 9.17) is 0 Å². The van der Waals surface area contributed by atoms with Gasteiger partial charge in [-0.1, -0.05) is 35.6 Å². The van der Waals surface area contributed by atoms with E-state index in [9.17, 15) is 0 Å². The number of fused-ring (bicyclic) bond motifs is 1. The zero-order chi connectivity index (χ0) is 9.97. The molecular weight excluding hydrogens is 289 g/mol. The summed E-state index contributed by atoms with van der Waals surface area (Å²) >= 11 is 2.35. The van der Waals surface area contributed by atoms with E-state index in [1.165, 1.54) is 5.56 Å². The van der Waals surface area contributed by atoms with Crippen LogP contribution in [0.4, 0.5) is 0 Å². The van der Waals surface area contributed by atoms with Crippen LogP contribution in [0.1, 0.15) is 24.7 Å². The minimum absolute atomic E-state index is 0.943. The lowest BCUT2D eigenvalue weighted by molar-refractivity contribution is 0.817. The van der Waals surface area contributed by atoms with E-state index in [0.29, 0.717) is 0 Å². The van der Waals surface area contributed by atoms with Crippen molar-refractivity contribution in [2.75, 3.05) is 0 Å². The van der Waals surface area contributed by atoms with E-state index >= 15 is 0 Å². The standard InChI is InChI=1S/C10H12IN3/c1-2-3-9-12-10-5-4-8(6-11)7-14(10)13-9/h4-5,7H,2-3,6H2,1H3. The number of hydrogen-bond acceptors (Lipinski definition) is 2. The molecule has 74 valence electrons. The van der Waals surface area contributed by atoms with Crippen molar-refractivity contribution in [3.05, 3.63) is 29.7 Å². The smallest absolute Gasteiger partial charge is 0.155 e. The van der Waals surface area contributed by atoms with E-state index in [1.54, 1.807) is 0 Å². The summed E-state index contributed by atoms with van der Waals surface area (Å²) in [5, 5.41) is 4.41. The Kier molecular flexibility index (Phi) is 3.00. The van der Waals surface area contributed by atoms with Crippen LogP contribution in [0.15, 0.2) is 18.3 Å². The first-order valence-electron chi connectivity index (χ1n) is 4.73. The highest BCUT2D eigenvalue weighted by Gasteiger charge is 2.02. The molecule has 0 radical (unpaired) electrons. The molecule has 0 atom stereocenters. The quantitative estimate of drug-likeness (QED) is 0.644. The average Bonchev–Trinajstić information content (AvgIpc) is 2.59. The number of nitrogens with zero attached hydrogens (tertiary/aromatic N) is 3. The minimum atomic E-state index is 0.943. The maximum atomic E-state index is 4.43. The highest BCUT2D eigenvalue weighted by Crippen LogP contribution is 2.09. The molecule has 0 spiro atoms. The van der Waals surface area contributed by atoms with E-state index in [1.807, 2.05) is 16.8 Å². The van der Waals surface area contributed by atoms with Crippen LogP contribution >= 0.6 is 22.6 Å². The molecule has 0 saturated heterocycles. The number of aryl methyl sites for hydroxylation is 1. The van der Waals surface area contributed by atoms with E-state index in [-0.39, 0.29) is 0 Å². The second-order valence-corrected chi connectivity index (χ2v) is 4.01. The van der Waals surface area contributed by atoms with E-state index < -0.39 is 0 Å². The summed E-state index contributed by atoms with van der Waals surface area (Å²) in [6.07, 6.45) is 4.10. The first-order valence-corrected chi connectivity index (χ1v) is 6.26. The van der Waals surface area contributed by atoms with Gasteiger partial charge in [-0.25, -0.2) is 9.50 Å². The zero-order valence-corrected chi connectivity index (χ0v) is 10.2. The molecule has 3 nitrogen and oxygen atoms in total. The summed E-state index contributed by atoms with van der Waals surface area (Å²) in [7, 11) is 0. The Balaban J connectivity index is 2.43. The SMILES string of the molecule is CCCc1nc2ccc(CI)cn2n1. The number of aromatic nitrogens is 3. The fourth-order valence-electron chi connectivity index (χ4n) is 1.38. The Labute approximate surface area is 96.7 Å². The molecule has 0 aliphatic heterocycles. The van der Waals surface area contributed by atoms with Crippen LogP contribution in [0.3, 0.4) is 0 Å². The topological polar surface area (TPSA) is 30.2 Å². The van der Waals surface area contributed by atoms with Gasteiger partial charge in [0.25, 0.3) is 0 Å². The lowest BCUT2D eigenvalue weighted by Gasteiger charge is -1.94. The molecule has 2 heterocycles. The maximum absolute atomic E-state index is 4.43. The average molecular weight is 301 g/mol. The van der Waals surface area contributed by atoms with Gasteiger partial charge in [-0.2, -0.15) is 5.10 Å². The van der Waals surface area contributed by atoms with Crippen molar-refractivity contribution in [3.8, 4) is 0 Å².